The highest BCUT2D eigenvalue weighted by molar-refractivity contribution is 9.12. The Hall–Kier alpha value is -2.22. The van der Waals surface area contributed by atoms with Gasteiger partial charge in [0, 0.05) is 11.8 Å². The zero-order chi connectivity index (χ0) is 17.9. The first kappa shape index (κ1) is 18.1. The second-order valence-electron chi connectivity index (χ2n) is 4.87. The summed E-state index contributed by atoms with van der Waals surface area (Å²) >= 11 is 3.05. The molecule has 4 nitrogen and oxygen atoms in total. The molecule has 0 spiro atoms. The van der Waals surface area contributed by atoms with Gasteiger partial charge in [-0.2, -0.15) is 13.2 Å². The number of esters is 1. The summed E-state index contributed by atoms with van der Waals surface area (Å²) in [6.45, 7) is 1.57. The monoisotopic (exact) mass is 400 g/mol. The van der Waals surface area contributed by atoms with E-state index in [2.05, 4.69) is 30.6 Å². The van der Waals surface area contributed by atoms with Crippen LogP contribution in [0.5, 0.6) is 0 Å². The molecule has 24 heavy (non-hydrogen) atoms. The fourth-order valence-electron chi connectivity index (χ4n) is 1.95. The van der Waals surface area contributed by atoms with Gasteiger partial charge in [0.2, 0.25) is 0 Å². The molecule has 2 aromatic rings. The average molecular weight is 401 g/mol. The number of aryl methyl sites for hydroxylation is 1. The molecular weight excluding hydrogens is 389 g/mol. The number of methoxy groups -OCH3 is 1. The second kappa shape index (κ2) is 7.12. The van der Waals surface area contributed by atoms with Crippen molar-refractivity contribution in [2.75, 3.05) is 7.11 Å². The Kier molecular flexibility index (Phi) is 5.38. The van der Waals surface area contributed by atoms with E-state index in [4.69, 9.17) is 0 Å². The Labute approximate surface area is 144 Å². The van der Waals surface area contributed by atoms with Gasteiger partial charge in [0.25, 0.3) is 0 Å². The molecule has 0 amide bonds. The average Bonchev–Trinajstić information content (AvgIpc) is 2.52. The Bertz CT molecular complexity index is 804. The predicted octanol–water partition coefficient (Wildman–Crippen LogP) is 4.38. The van der Waals surface area contributed by atoms with Crippen LogP contribution in [0.3, 0.4) is 0 Å². The van der Waals surface area contributed by atoms with Crippen LogP contribution in [-0.4, -0.2) is 23.0 Å². The third-order valence-electron chi connectivity index (χ3n) is 2.99. The molecule has 0 N–H and O–H groups in total. The van der Waals surface area contributed by atoms with E-state index in [0.717, 1.165) is 12.1 Å². The molecule has 0 atom stereocenters. The van der Waals surface area contributed by atoms with Crippen molar-refractivity contribution in [2.45, 2.75) is 13.1 Å². The maximum Gasteiger partial charge on any atom is 0.416 e. The molecule has 1 aromatic carbocycles. The standard InChI is InChI=1S/C16H12BrF3N2O2/c1-9-5-10(7-11(6-9)16(18,19)20)14-21-4-3-12(22-14)8-13(17)15(23)24-2/h3-8H,1-2H3/b13-8-. The van der Waals surface area contributed by atoms with Gasteiger partial charge in [0.05, 0.1) is 18.4 Å². The van der Waals surface area contributed by atoms with Crippen molar-refractivity contribution in [3.8, 4) is 11.4 Å². The van der Waals surface area contributed by atoms with Crippen LogP contribution in [0.2, 0.25) is 0 Å². The van der Waals surface area contributed by atoms with Crippen molar-refractivity contribution in [2.24, 2.45) is 0 Å². The van der Waals surface area contributed by atoms with E-state index in [1.165, 1.54) is 25.4 Å². The van der Waals surface area contributed by atoms with Gasteiger partial charge in [-0.3, -0.25) is 0 Å². The van der Waals surface area contributed by atoms with Crippen LogP contribution in [0.4, 0.5) is 13.2 Å². The van der Waals surface area contributed by atoms with E-state index in [1.54, 1.807) is 13.0 Å². The van der Waals surface area contributed by atoms with Gasteiger partial charge in [0.1, 0.15) is 4.48 Å². The van der Waals surface area contributed by atoms with Crippen LogP contribution in [0.15, 0.2) is 34.9 Å². The SMILES string of the molecule is COC(=O)/C(Br)=C/c1ccnc(-c2cc(C)cc(C(F)(F)F)c2)n1. The molecule has 0 aliphatic rings. The molecule has 0 saturated carbocycles. The quantitative estimate of drug-likeness (QED) is 0.566. The maximum absolute atomic E-state index is 12.9. The molecule has 0 unspecified atom stereocenters. The van der Waals surface area contributed by atoms with Crippen molar-refractivity contribution in [1.29, 1.82) is 0 Å². The summed E-state index contributed by atoms with van der Waals surface area (Å²) in [5, 5.41) is 0. The first-order valence-corrected chi connectivity index (χ1v) is 7.48. The third kappa shape index (κ3) is 4.41. The Balaban J connectivity index is 2.46. The third-order valence-corrected chi connectivity index (χ3v) is 3.55. The zero-order valence-electron chi connectivity index (χ0n) is 12.7. The highest BCUT2D eigenvalue weighted by Gasteiger charge is 2.31. The number of benzene rings is 1. The topological polar surface area (TPSA) is 52.1 Å². The van der Waals surface area contributed by atoms with Gasteiger partial charge >= 0.3 is 12.1 Å². The van der Waals surface area contributed by atoms with Crippen molar-refractivity contribution >= 4 is 28.0 Å². The molecule has 0 saturated heterocycles. The molecule has 0 aliphatic carbocycles. The van der Waals surface area contributed by atoms with Crippen LogP contribution in [0.25, 0.3) is 17.5 Å². The van der Waals surface area contributed by atoms with Gasteiger partial charge in [-0.25, -0.2) is 14.8 Å². The van der Waals surface area contributed by atoms with E-state index in [9.17, 15) is 18.0 Å². The number of ether oxygens (including phenoxy) is 1. The van der Waals surface area contributed by atoms with E-state index in [-0.39, 0.29) is 15.9 Å². The number of aromatic nitrogens is 2. The van der Waals surface area contributed by atoms with Crippen molar-refractivity contribution in [3.05, 3.63) is 51.8 Å². The molecule has 0 aliphatic heterocycles. The summed E-state index contributed by atoms with van der Waals surface area (Å²) in [4.78, 5) is 19.5. The number of carbonyl (C=O) groups excluding carboxylic acids is 1. The molecule has 0 radical (unpaired) electrons. The number of hydrogen-bond acceptors (Lipinski definition) is 4. The predicted molar refractivity (Wildman–Crippen MR) is 86.1 cm³/mol. The summed E-state index contributed by atoms with van der Waals surface area (Å²) in [6, 6.07) is 5.13. The molecule has 2 rings (SSSR count). The first-order chi connectivity index (χ1) is 11.2. The second-order valence-corrected chi connectivity index (χ2v) is 5.73. The lowest BCUT2D eigenvalue weighted by atomic mass is 10.1. The number of hydrogen-bond donors (Lipinski definition) is 0. The lowest BCUT2D eigenvalue weighted by Gasteiger charge is -2.10. The van der Waals surface area contributed by atoms with Gasteiger partial charge in [-0.15, -0.1) is 0 Å². The lowest BCUT2D eigenvalue weighted by Crippen LogP contribution is -2.06. The Morgan fingerprint density at radius 2 is 2.00 bits per heavy atom. The summed E-state index contributed by atoms with van der Waals surface area (Å²) in [5.41, 5.74) is 0.275. The molecule has 1 heterocycles. The number of halogens is 4. The Morgan fingerprint density at radius 1 is 1.29 bits per heavy atom. The first-order valence-electron chi connectivity index (χ1n) is 6.68. The number of nitrogens with zero attached hydrogens (tertiary/aromatic N) is 2. The molecule has 0 bridgehead atoms. The van der Waals surface area contributed by atoms with Crippen molar-refractivity contribution in [3.63, 3.8) is 0 Å². The summed E-state index contributed by atoms with van der Waals surface area (Å²) in [6.07, 6.45) is -1.65. The zero-order valence-corrected chi connectivity index (χ0v) is 14.3. The molecule has 126 valence electrons. The minimum absolute atomic E-state index is 0.128. The molecule has 0 fully saturated rings. The highest BCUT2D eigenvalue weighted by atomic mass is 79.9. The Morgan fingerprint density at radius 3 is 2.62 bits per heavy atom. The summed E-state index contributed by atoms with van der Waals surface area (Å²) in [5.74, 6) is -0.465. The fraction of sp³-hybridized carbons (Fsp3) is 0.188. The summed E-state index contributed by atoms with van der Waals surface area (Å²) in [7, 11) is 1.23. The smallest absolute Gasteiger partial charge is 0.416 e. The van der Waals surface area contributed by atoms with Crippen LogP contribution in [-0.2, 0) is 15.7 Å². The summed E-state index contributed by atoms with van der Waals surface area (Å²) < 4.78 is 43.5. The minimum atomic E-state index is -4.45. The van der Waals surface area contributed by atoms with E-state index in [1.807, 2.05) is 0 Å². The minimum Gasteiger partial charge on any atom is -0.465 e. The van der Waals surface area contributed by atoms with Crippen LogP contribution in [0, 0.1) is 6.92 Å². The van der Waals surface area contributed by atoms with Gasteiger partial charge in [0.15, 0.2) is 5.82 Å². The highest BCUT2D eigenvalue weighted by Crippen LogP contribution is 2.32. The van der Waals surface area contributed by atoms with Crippen LogP contribution < -0.4 is 0 Å². The largest absolute Gasteiger partial charge is 0.465 e. The normalized spacial score (nSPS) is 12.2. The van der Waals surface area contributed by atoms with E-state index < -0.39 is 17.7 Å². The number of rotatable bonds is 3. The molecular formula is C16H12BrF3N2O2. The number of alkyl halides is 3. The van der Waals surface area contributed by atoms with Crippen molar-refractivity contribution < 1.29 is 22.7 Å². The number of carbonyl (C=O) groups is 1. The van der Waals surface area contributed by atoms with E-state index in [0.29, 0.717) is 11.3 Å². The van der Waals surface area contributed by atoms with Crippen LogP contribution in [0.1, 0.15) is 16.8 Å². The van der Waals surface area contributed by atoms with Crippen LogP contribution >= 0.6 is 15.9 Å². The van der Waals surface area contributed by atoms with E-state index >= 15 is 0 Å². The molecule has 8 heteroatoms. The van der Waals surface area contributed by atoms with Gasteiger partial charge < -0.3 is 4.74 Å². The van der Waals surface area contributed by atoms with Gasteiger partial charge in [-0.1, -0.05) is 0 Å². The fourth-order valence-corrected chi connectivity index (χ4v) is 2.35. The molecule has 1 aromatic heterocycles. The van der Waals surface area contributed by atoms with Crippen molar-refractivity contribution in [1.82, 2.24) is 9.97 Å². The lowest BCUT2D eigenvalue weighted by molar-refractivity contribution is -0.137. The van der Waals surface area contributed by atoms with Gasteiger partial charge in [-0.05, 0) is 58.8 Å². The maximum atomic E-state index is 12.9.